The summed E-state index contributed by atoms with van der Waals surface area (Å²) >= 11 is 0. The molecule has 0 bridgehead atoms. The van der Waals surface area contributed by atoms with Crippen LogP contribution in [0.3, 0.4) is 0 Å². The van der Waals surface area contributed by atoms with Gasteiger partial charge in [-0.2, -0.15) is 5.26 Å². The molecule has 9 heteroatoms. The number of hydrazine groups is 1. The Kier molecular flexibility index (Phi) is 9.81. The molecule has 1 N–H and O–H groups in total. The predicted octanol–water partition coefficient (Wildman–Crippen LogP) is 3.21. The van der Waals surface area contributed by atoms with Crippen molar-refractivity contribution in [3.63, 3.8) is 0 Å². The fraction of sp³-hybridized carbons (Fsp3) is 0.462. The predicted molar refractivity (Wildman–Crippen MR) is 135 cm³/mol. The molecule has 0 saturated carbocycles. The van der Waals surface area contributed by atoms with E-state index >= 15 is 0 Å². The third-order valence-corrected chi connectivity index (χ3v) is 7.95. The molecule has 2 aromatic rings. The lowest BCUT2D eigenvalue weighted by Gasteiger charge is -2.35. The van der Waals surface area contributed by atoms with Crippen molar-refractivity contribution in [2.24, 2.45) is 5.92 Å². The molecule has 1 aliphatic heterocycles. The monoisotopic (exact) mass is 498 g/mol. The first kappa shape index (κ1) is 26.8. The zero-order chi connectivity index (χ0) is 25.3. The first-order chi connectivity index (χ1) is 16.8. The van der Waals surface area contributed by atoms with E-state index in [2.05, 4.69) is 18.3 Å². The van der Waals surface area contributed by atoms with Crippen LogP contribution in [-0.2, 0) is 26.0 Å². The van der Waals surface area contributed by atoms with Crippen LogP contribution in [0.1, 0.15) is 32.3 Å². The molecule has 1 unspecified atom stereocenters. The Hall–Kier alpha value is -2.77. The van der Waals surface area contributed by atoms with Gasteiger partial charge in [-0.05, 0) is 54.5 Å². The van der Waals surface area contributed by atoms with E-state index in [1.807, 2.05) is 42.3 Å². The van der Waals surface area contributed by atoms with Crippen LogP contribution >= 0.6 is 0 Å². The molecule has 1 heterocycles. The highest BCUT2D eigenvalue weighted by Gasteiger charge is 2.30. The molecule has 0 aromatic heterocycles. The Morgan fingerprint density at radius 3 is 2.54 bits per heavy atom. The molecule has 3 rings (SSSR count). The molecule has 188 valence electrons. The molecule has 0 radical (unpaired) electrons. The van der Waals surface area contributed by atoms with Crippen LogP contribution in [0, 0.1) is 17.2 Å². The summed E-state index contributed by atoms with van der Waals surface area (Å²) < 4.78 is 33.7. The second-order valence-corrected chi connectivity index (χ2v) is 10.6. The molecule has 1 atom stereocenters. The minimum Gasteiger partial charge on any atom is -0.379 e. The Bertz CT molecular complexity index is 1140. The zero-order valence-corrected chi connectivity index (χ0v) is 21.3. The number of nitriles is 1. The van der Waals surface area contributed by atoms with Crippen LogP contribution in [0.2, 0.25) is 0 Å². The van der Waals surface area contributed by atoms with Crippen molar-refractivity contribution < 1.29 is 17.9 Å². The summed E-state index contributed by atoms with van der Waals surface area (Å²) in [6, 6.07) is 17.1. The van der Waals surface area contributed by atoms with E-state index in [4.69, 9.17) is 10.00 Å². The summed E-state index contributed by atoms with van der Waals surface area (Å²) in [7, 11) is -3.69. The highest BCUT2D eigenvalue weighted by Crippen LogP contribution is 2.27. The molecule has 1 amide bonds. The Morgan fingerprint density at radius 1 is 1.17 bits per heavy atom. The fourth-order valence-corrected chi connectivity index (χ4v) is 5.82. The Balaban J connectivity index is 1.73. The molecule has 0 spiro atoms. The number of morpholine rings is 1. The van der Waals surface area contributed by atoms with Crippen molar-refractivity contribution in [1.29, 1.82) is 5.26 Å². The van der Waals surface area contributed by atoms with Crippen molar-refractivity contribution in [2.45, 2.75) is 38.0 Å². The number of sulfonamides is 1. The van der Waals surface area contributed by atoms with Gasteiger partial charge in [0.05, 0.1) is 24.2 Å². The van der Waals surface area contributed by atoms with Crippen molar-refractivity contribution in [2.75, 3.05) is 39.4 Å². The minimum atomic E-state index is -3.69. The number of ether oxygens (including phenoxy) is 1. The van der Waals surface area contributed by atoms with Crippen molar-refractivity contribution in [3.8, 4) is 17.2 Å². The largest absolute Gasteiger partial charge is 0.379 e. The number of benzene rings is 2. The second-order valence-electron chi connectivity index (χ2n) is 8.72. The Labute approximate surface area is 208 Å². The first-order valence-electron chi connectivity index (χ1n) is 12.0. The molecular formula is C26H34N4O4S. The molecular weight excluding hydrogens is 464 g/mol. The number of hydrogen-bond donors (Lipinski definition) is 1. The lowest BCUT2D eigenvalue weighted by atomic mass is 9.94. The lowest BCUT2D eigenvalue weighted by molar-refractivity contribution is -0.121. The van der Waals surface area contributed by atoms with Gasteiger partial charge in [-0.1, -0.05) is 43.3 Å². The van der Waals surface area contributed by atoms with E-state index in [0.29, 0.717) is 39.3 Å². The SMILES string of the molecule is CCN(N1CCOCC1)S(=O)(=O)c1cccc(-c2cccc(CC(C)CCC(=O)NCC#N)c2)c1. The first-order valence-corrected chi connectivity index (χ1v) is 13.5. The summed E-state index contributed by atoms with van der Waals surface area (Å²) in [5.74, 6) is 0.180. The summed E-state index contributed by atoms with van der Waals surface area (Å²) in [5, 5.41) is 13.0. The van der Waals surface area contributed by atoms with Crippen LogP contribution in [0.4, 0.5) is 0 Å². The van der Waals surface area contributed by atoms with Gasteiger partial charge in [0.15, 0.2) is 0 Å². The minimum absolute atomic E-state index is 0.0342. The molecule has 35 heavy (non-hydrogen) atoms. The average molecular weight is 499 g/mol. The number of rotatable bonds is 11. The van der Waals surface area contributed by atoms with Crippen LogP contribution in [0.25, 0.3) is 11.1 Å². The van der Waals surface area contributed by atoms with Crippen LogP contribution in [0.15, 0.2) is 53.4 Å². The summed E-state index contributed by atoms with van der Waals surface area (Å²) in [6.45, 7) is 6.46. The van der Waals surface area contributed by atoms with Crippen LogP contribution < -0.4 is 5.32 Å². The maximum atomic E-state index is 13.4. The van der Waals surface area contributed by atoms with Gasteiger partial charge in [-0.3, -0.25) is 4.79 Å². The molecule has 0 aliphatic carbocycles. The normalized spacial score (nSPS) is 15.5. The van der Waals surface area contributed by atoms with E-state index in [1.54, 1.807) is 18.2 Å². The number of nitrogens with zero attached hydrogens (tertiary/aromatic N) is 3. The van der Waals surface area contributed by atoms with E-state index < -0.39 is 10.0 Å². The molecule has 1 aliphatic rings. The number of nitrogens with one attached hydrogen (secondary N) is 1. The third-order valence-electron chi connectivity index (χ3n) is 6.06. The maximum Gasteiger partial charge on any atom is 0.256 e. The van der Waals surface area contributed by atoms with Gasteiger partial charge < -0.3 is 10.1 Å². The van der Waals surface area contributed by atoms with E-state index in [0.717, 1.165) is 29.5 Å². The summed E-state index contributed by atoms with van der Waals surface area (Å²) in [6.07, 6.45) is 1.92. The fourth-order valence-electron chi connectivity index (χ4n) is 4.24. The zero-order valence-electron chi connectivity index (χ0n) is 20.4. The molecule has 1 saturated heterocycles. The topological polar surface area (TPSA) is 103 Å². The van der Waals surface area contributed by atoms with Gasteiger partial charge in [-0.25, -0.2) is 13.4 Å². The number of hydrogen-bond acceptors (Lipinski definition) is 6. The van der Waals surface area contributed by atoms with Crippen molar-refractivity contribution in [1.82, 2.24) is 14.7 Å². The molecule has 8 nitrogen and oxygen atoms in total. The molecule has 1 fully saturated rings. The number of amides is 1. The van der Waals surface area contributed by atoms with Crippen molar-refractivity contribution >= 4 is 15.9 Å². The van der Waals surface area contributed by atoms with Gasteiger partial charge in [-0.15, -0.1) is 4.41 Å². The third kappa shape index (κ3) is 7.36. The van der Waals surface area contributed by atoms with Gasteiger partial charge in [0, 0.05) is 26.1 Å². The molecule has 2 aromatic carbocycles. The maximum absolute atomic E-state index is 13.4. The summed E-state index contributed by atoms with van der Waals surface area (Å²) in [4.78, 5) is 12.0. The second kappa shape index (κ2) is 12.8. The standard InChI is InChI=1S/C26H34N4O4S/c1-3-30(29-14-16-34-17-15-29)35(32,33)25-9-5-8-24(20-25)23-7-4-6-22(19-23)18-21(2)10-11-26(31)28-13-12-27/h4-9,19-21H,3,10-11,13-18H2,1-2H3,(H,28,31). The highest BCUT2D eigenvalue weighted by molar-refractivity contribution is 7.89. The van der Waals surface area contributed by atoms with Gasteiger partial charge in [0.25, 0.3) is 10.0 Å². The average Bonchev–Trinajstić information content (AvgIpc) is 2.87. The highest BCUT2D eigenvalue weighted by atomic mass is 32.2. The lowest BCUT2D eigenvalue weighted by Crippen LogP contribution is -2.51. The van der Waals surface area contributed by atoms with Crippen LogP contribution in [-0.4, -0.2) is 63.1 Å². The van der Waals surface area contributed by atoms with Gasteiger partial charge in [0.1, 0.15) is 6.54 Å². The summed E-state index contributed by atoms with van der Waals surface area (Å²) in [5.41, 5.74) is 2.92. The van der Waals surface area contributed by atoms with E-state index in [1.165, 1.54) is 4.41 Å². The number of carbonyl (C=O) groups excluding carboxylic acids is 1. The van der Waals surface area contributed by atoms with E-state index in [9.17, 15) is 13.2 Å². The smallest absolute Gasteiger partial charge is 0.256 e. The van der Waals surface area contributed by atoms with Gasteiger partial charge >= 0.3 is 0 Å². The van der Waals surface area contributed by atoms with E-state index in [-0.39, 0.29) is 23.3 Å². The number of carbonyl (C=O) groups is 1. The van der Waals surface area contributed by atoms with Gasteiger partial charge in [0.2, 0.25) is 5.91 Å². The quantitative estimate of drug-likeness (QED) is 0.477. The Morgan fingerprint density at radius 2 is 1.86 bits per heavy atom. The van der Waals surface area contributed by atoms with Crippen LogP contribution in [0.5, 0.6) is 0 Å². The van der Waals surface area contributed by atoms with Crippen molar-refractivity contribution in [3.05, 3.63) is 54.1 Å².